The highest BCUT2D eigenvalue weighted by Crippen LogP contribution is 2.67. The molecule has 3 nitrogen and oxygen atoms in total. The van der Waals surface area contributed by atoms with Gasteiger partial charge in [0.05, 0.1) is 5.56 Å². The van der Waals surface area contributed by atoms with Gasteiger partial charge in [-0.15, -0.1) is 0 Å². The number of anilines is 1. The lowest BCUT2D eigenvalue weighted by molar-refractivity contribution is 0.0950. The van der Waals surface area contributed by atoms with E-state index in [1.807, 2.05) is 0 Å². The molecule has 0 radical (unpaired) electrons. The summed E-state index contributed by atoms with van der Waals surface area (Å²) in [6.45, 7) is 9.09. The van der Waals surface area contributed by atoms with Crippen LogP contribution < -0.4 is 11.1 Å². The third kappa shape index (κ3) is 2.15. The first-order valence-electron chi connectivity index (χ1n) is 6.61. The zero-order valence-corrected chi connectivity index (χ0v) is 12.2. The van der Waals surface area contributed by atoms with Gasteiger partial charge in [-0.2, -0.15) is 0 Å². The Hall–Kier alpha value is -1.65. The Morgan fingerprint density at radius 3 is 2.20 bits per heavy atom. The topological polar surface area (TPSA) is 55.1 Å². The van der Waals surface area contributed by atoms with Crippen LogP contribution in [0.4, 0.5) is 14.5 Å². The maximum Gasteiger partial charge on any atom is 0.253 e. The molecule has 0 atom stereocenters. The predicted molar refractivity (Wildman–Crippen MR) is 74.2 cm³/mol. The number of halogens is 2. The van der Waals surface area contributed by atoms with E-state index in [-0.39, 0.29) is 22.1 Å². The molecule has 1 aromatic rings. The molecule has 1 aromatic carbocycles. The molecule has 110 valence electrons. The van der Waals surface area contributed by atoms with Crippen LogP contribution in [-0.2, 0) is 0 Å². The molecule has 1 aliphatic rings. The van der Waals surface area contributed by atoms with Crippen LogP contribution in [-0.4, -0.2) is 12.5 Å². The van der Waals surface area contributed by atoms with Gasteiger partial charge < -0.3 is 11.1 Å². The van der Waals surface area contributed by atoms with E-state index in [9.17, 15) is 13.6 Å². The fourth-order valence-electron chi connectivity index (χ4n) is 2.89. The third-order valence-electron chi connectivity index (χ3n) is 5.12. The Morgan fingerprint density at radius 2 is 1.70 bits per heavy atom. The number of hydrogen-bond donors (Lipinski definition) is 2. The summed E-state index contributed by atoms with van der Waals surface area (Å²) in [6, 6.07) is 1.67. The minimum atomic E-state index is -1.07. The summed E-state index contributed by atoms with van der Waals surface area (Å²) in [5, 5.41) is 2.75. The van der Waals surface area contributed by atoms with Gasteiger partial charge in [0.15, 0.2) is 11.6 Å². The first kappa shape index (κ1) is 14.8. The molecule has 5 heteroatoms. The lowest BCUT2D eigenvalue weighted by Crippen LogP contribution is -2.28. The summed E-state index contributed by atoms with van der Waals surface area (Å²) in [5.41, 5.74) is 5.77. The molecule has 1 saturated carbocycles. The number of hydrogen-bond acceptors (Lipinski definition) is 2. The van der Waals surface area contributed by atoms with E-state index >= 15 is 0 Å². The Labute approximate surface area is 117 Å². The average Bonchev–Trinajstić information content (AvgIpc) is 2.71. The summed E-state index contributed by atoms with van der Waals surface area (Å²) < 4.78 is 26.1. The molecule has 0 unspecified atom stereocenters. The van der Waals surface area contributed by atoms with Crippen LogP contribution in [0.1, 0.15) is 38.1 Å². The van der Waals surface area contributed by atoms with Crippen LogP contribution in [0.3, 0.4) is 0 Å². The maximum atomic E-state index is 13.2. The van der Waals surface area contributed by atoms with Gasteiger partial charge in [0.2, 0.25) is 0 Å². The van der Waals surface area contributed by atoms with Crippen molar-refractivity contribution in [3.8, 4) is 0 Å². The van der Waals surface area contributed by atoms with E-state index in [0.29, 0.717) is 12.5 Å². The molecule has 1 amide bonds. The predicted octanol–water partition coefficient (Wildman–Crippen LogP) is 2.96. The number of nitrogens with two attached hydrogens (primary N) is 1. The largest absolute Gasteiger partial charge is 0.398 e. The highest BCUT2D eigenvalue weighted by atomic mass is 19.2. The van der Waals surface area contributed by atoms with E-state index in [4.69, 9.17) is 5.73 Å². The lowest BCUT2D eigenvalue weighted by Gasteiger charge is -2.09. The minimum Gasteiger partial charge on any atom is -0.398 e. The quantitative estimate of drug-likeness (QED) is 0.837. The molecule has 20 heavy (non-hydrogen) atoms. The van der Waals surface area contributed by atoms with Crippen molar-refractivity contribution < 1.29 is 13.6 Å². The van der Waals surface area contributed by atoms with E-state index in [2.05, 4.69) is 33.0 Å². The van der Waals surface area contributed by atoms with Crippen LogP contribution in [0.5, 0.6) is 0 Å². The van der Waals surface area contributed by atoms with Crippen molar-refractivity contribution in [3.63, 3.8) is 0 Å². The summed E-state index contributed by atoms with van der Waals surface area (Å²) in [4.78, 5) is 12.0. The molecule has 0 saturated heterocycles. The SMILES string of the molecule is CC1(C)C(CNC(=O)c2cc(F)c(F)cc2N)C1(C)C. The molecule has 3 N–H and O–H groups in total. The van der Waals surface area contributed by atoms with Gasteiger partial charge in [0, 0.05) is 18.3 Å². The molecular weight excluding hydrogens is 262 g/mol. The molecule has 0 bridgehead atoms. The minimum absolute atomic E-state index is 0.0276. The number of benzene rings is 1. The van der Waals surface area contributed by atoms with Crippen LogP contribution >= 0.6 is 0 Å². The monoisotopic (exact) mass is 282 g/mol. The summed E-state index contributed by atoms with van der Waals surface area (Å²) in [6.07, 6.45) is 0. The molecule has 0 aromatic heterocycles. The third-order valence-corrected chi connectivity index (χ3v) is 5.12. The Kier molecular flexibility index (Phi) is 3.27. The second kappa shape index (κ2) is 4.43. The standard InChI is InChI=1S/C15H20F2N2O/c1-14(2)12(15(14,3)4)7-19-13(20)8-5-9(16)10(17)6-11(8)18/h5-6,12H,7,18H2,1-4H3,(H,19,20). The molecule has 0 aliphatic heterocycles. The summed E-state index contributed by atoms with van der Waals surface area (Å²) in [5.74, 6) is -2.25. The highest BCUT2D eigenvalue weighted by molar-refractivity contribution is 5.99. The average molecular weight is 282 g/mol. The van der Waals surface area contributed by atoms with Crippen molar-refractivity contribution in [1.29, 1.82) is 0 Å². The van der Waals surface area contributed by atoms with E-state index < -0.39 is 17.5 Å². The van der Waals surface area contributed by atoms with Crippen molar-refractivity contribution in [2.24, 2.45) is 16.7 Å². The number of nitrogen functional groups attached to an aromatic ring is 1. The van der Waals surface area contributed by atoms with Crippen LogP contribution in [0.25, 0.3) is 0 Å². The van der Waals surface area contributed by atoms with Gasteiger partial charge >= 0.3 is 0 Å². The van der Waals surface area contributed by atoms with Crippen molar-refractivity contribution in [3.05, 3.63) is 29.3 Å². The molecule has 0 heterocycles. The van der Waals surface area contributed by atoms with Gasteiger partial charge in [0.1, 0.15) is 0 Å². The maximum absolute atomic E-state index is 13.2. The number of nitrogens with one attached hydrogen (secondary N) is 1. The van der Waals surface area contributed by atoms with Gasteiger partial charge in [-0.1, -0.05) is 27.7 Å². The fraction of sp³-hybridized carbons (Fsp3) is 0.533. The number of amides is 1. The van der Waals surface area contributed by atoms with Gasteiger partial charge in [0.25, 0.3) is 5.91 Å². The Balaban J connectivity index is 2.06. The number of rotatable bonds is 3. The zero-order chi connectivity index (χ0) is 15.3. The first-order chi connectivity index (χ1) is 9.09. The van der Waals surface area contributed by atoms with E-state index in [0.717, 1.165) is 12.1 Å². The van der Waals surface area contributed by atoms with Gasteiger partial charge in [-0.05, 0) is 22.8 Å². The van der Waals surface area contributed by atoms with E-state index in [1.54, 1.807) is 0 Å². The Bertz CT molecular complexity index is 553. The summed E-state index contributed by atoms with van der Waals surface area (Å²) in [7, 11) is 0. The van der Waals surface area contributed by atoms with Gasteiger partial charge in [-0.3, -0.25) is 4.79 Å². The van der Waals surface area contributed by atoms with Crippen molar-refractivity contribution in [2.75, 3.05) is 12.3 Å². The smallest absolute Gasteiger partial charge is 0.253 e. The number of carbonyl (C=O) groups is 1. The second-order valence-corrected chi connectivity index (χ2v) is 6.56. The second-order valence-electron chi connectivity index (χ2n) is 6.56. The van der Waals surface area contributed by atoms with Crippen LogP contribution in [0, 0.1) is 28.4 Å². The van der Waals surface area contributed by atoms with Crippen molar-refractivity contribution in [1.82, 2.24) is 5.32 Å². The highest BCUT2D eigenvalue weighted by Gasteiger charge is 2.64. The molecule has 1 aliphatic carbocycles. The lowest BCUT2D eigenvalue weighted by atomic mass is 10.0. The molecule has 2 rings (SSSR count). The number of carbonyl (C=O) groups excluding carboxylic acids is 1. The summed E-state index contributed by atoms with van der Waals surface area (Å²) >= 11 is 0. The van der Waals surface area contributed by atoms with Gasteiger partial charge in [-0.25, -0.2) is 8.78 Å². The van der Waals surface area contributed by atoms with Crippen LogP contribution in [0.15, 0.2) is 12.1 Å². The van der Waals surface area contributed by atoms with Crippen molar-refractivity contribution in [2.45, 2.75) is 27.7 Å². The molecular formula is C15H20F2N2O. The normalized spacial score (nSPS) is 19.7. The molecule has 1 fully saturated rings. The Morgan fingerprint density at radius 1 is 1.20 bits per heavy atom. The zero-order valence-electron chi connectivity index (χ0n) is 12.2. The fourth-order valence-corrected chi connectivity index (χ4v) is 2.89. The van der Waals surface area contributed by atoms with Crippen molar-refractivity contribution >= 4 is 11.6 Å². The van der Waals surface area contributed by atoms with Crippen LogP contribution in [0.2, 0.25) is 0 Å². The molecule has 0 spiro atoms. The van der Waals surface area contributed by atoms with E-state index in [1.165, 1.54) is 0 Å². The first-order valence-corrected chi connectivity index (χ1v) is 6.61.